The number of rotatable bonds is 3. The van der Waals surface area contributed by atoms with Crippen LogP contribution in [0.2, 0.25) is 0 Å². The van der Waals surface area contributed by atoms with Crippen LogP contribution in [-0.2, 0) is 14.3 Å². The van der Waals surface area contributed by atoms with Gasteiger partial charge in [0.05, 0.1) is 0 Å². The van der Waals surface area contributed by atoms with Gasteiger partial charge < -0.3 is 9.84 Å². The number of aliphatic carboxylic acids is 1. The number of carbonyl (C=O) groups excluding carboxylic acids is 1. The molecule has 0 unspecified atom stereocenters. The van der Waals surface area contributed by atoms with Gasteiger partial charge in [0.2, 0.25) is 5.60 Å². The van der Waals surface area contributed by atoms with Crippen molar-refractivity contribution in [3.05, 3.63) is 0 Å². The van der Waals surface area contributed by atoms with Crippen molar-refractivity contribution in [3.63, 3.8) is 0 Å². The van der Waals surface area contributed by atoms with E-state index in [1.807, 2.05) is 0 Å². The molecule has 1 aliphatic rings. The van der Waals surface area contributed by atoms with Crippen LogP contribution in [0.15, 0.2) is 0 Å². The molecule has 0 radical (unpaired) electrons. The molecule has 0 aromatic carbocycles. The Bertz CT molecular complexity index is 147. The first-order valence-corrected chi connectivity index (χ1v) is 2.56. The lowest BCUT2D eigenvalue weighted by molar-refractivity contribution is -0.159. The monoisotopic (exact) mass is 130 g/mol. The Morgan fingerprint density at radius 3 is 2.33 bits per heavy atom. The van der Waals surface area contributed by atoms with Gasteiger partial charge in [-0.1, -0.05) is 0 Å². The largest absolute Gasteiger partial charge is 0.478 e. The van der Waals surface area contributed by atoms with Crippen molar-refractivity contribution in [2.75, 3.05) is 0 Å². The molecule has 4 nitrogen and oxygen atoms in total. The second-order valence-corrected chi connectivity index (χ2v) is 2.01. The average Bonchev–Trinajstić information content (AvgIpc) is 2.49. The third kappa shape index (κ3) is 0.872. The maximum atomic E-state index is 10.2. The van der Waals surface area contributed by atoms with Gasteiger partial charge in [0.25, 0.3) is 6.47 Å². The predicted octanol–water partition coefficient (Wildman–Crippen LogP) is -0.223. The van der Waals surface area contributed by atoms with Crippen LogP contribution in [0.3, 0.4) is 0 Å². The van der Waals surface area contributed by atoms with E-state index < -0.39 is 11.6 Å². The number of hydrogen-bond donors (Lipinski definition) is 1. The molecule has 50 valence electrons. The minimum Gasteiger partial charge on any atom is -0.478 e. The van der Waals surface area contributed by atoms with Gasteiger partial charge in [0.1, 0.15) is 0 Å². The SMILES string of the molecule is O=COC1(C(=O)O)CC1. The quantitative estimate of drug-likeness (QED) is 0.536. The van der Waals surface area contributed by atoms with Gasteiger partial charge in [0, 0.05) is 12.8 Å². The smallest absolute Gasteiger partial charge is 0.348 e. The Morgan fingerprint density at radius 1 is 1.67 bits per heavy atom. The number of carboxylic acid groups (broad SMARTS) is 1. The van der Waals surface area contributed by atoms with Crippen molar-refractivity contribution in [2.45, 2.75) is 18.4 Å². The molecule has 9 heavy (non-hydrogen) atoms. The molecule has 0 amide bonds. The van der Waals surface area contributed by atoms with Crippen molar-refractivity contribution >= 4 is 12.4 Å². The maximum absolute atomic E-state index is 10.2. The van der Waals surface area contributed by atoms with E-state index >= 15 is 0 Å². The van der Waals surface area contributed by atoms with E-state index in [0.29, 0.717) is 12.8 Å². The van der Waals surface area contributed by atoms with Crippen molar-refractivity contribution < 1.29 is 19.4 Å². The highest BCUT2D eigenvalue weighted by Crippen LogP contribution is 2.38. The fourth-order valence-corrected chi connectivity index (χ4v) is 0.588. The van der Waals surface area contributed by atoms with Gasteiger partial charge in [-0.05, 0) is 0 Å². The van der Waals surface area contributed by atoms with Gasteiger partial charge in [-0.2, -0.15) is 0 Å². The summed E-state index contributed by atoms with van der Waals surface area (Å²) in [5, 5.41) is 8.35. The molecule has 1 N–H and O–H groups in total. The molecule has 1 rings (SSSR count). The van der Waals surface area contributed by atoms with Crippen molar-refractivity contribution in [1.82, 2.24) is 0 Å². The van der Waals surface area contributed by atoms with Crippen LogP contribution in [-0.4, -0.2) is 23.1 Å². The summed E-state index contributed by atoms with van der Waals surface area (Å²) in [6.45, 7) is 0.182. The zero-order valence-corrected chi connectivity index (χ0v) is 4.66. The van der Waals surface area contributed by atoms with Gasteiger partial charge in [-0.3, -0.25) is 4.79 Å². The molecule has 0 aliphatic heterocycles. The fraction of sp³-hybridized carbons (Fsp3) is 0.600. The van der Waals surface area contributed by atoms with E-state index in [2.05, 4.69) is 4.74 Å². The summed E-state index contributed by atoms with van der Waals surface area (Å²) in [5.74, 6) is -1.05. The first-order chi connectivity index (χ1) is 4.21. The lowest BCUT2D eigenvalue weighted by atomic mass is 10.3. The Morgan fingerprint density at radius 2 is 2.22 bits per heavy atom. The molecule has 0 aromatic rings. The topological polar surface area (TPSA) is 63.6 Å². The second kappa shape index (κ2) is 1.72. The number of carbonyl (C=O) groups is 2. The first kappa shape index (κ1) is 6.07. The number of hydrogen-bond acceptors (Lipinski definition) is 3. The molecule has 1 aliphatic carbocycles. The Balaban J connectivity index is 2.52. The van der Waals surface area contributed by atoms with Gasteiger partial charge >= 0.3 is 5.97 Å². The van der Waals surface area contributed by atoms with Crippen molar-refractivity contribution in [2.24, 2.45) is 0 Å². The summed E-state index contributed by atoms with van der Waals surface area (Å²) in [4.78, 5) is 19.9. The first-order valence-electron chi connectivity index (χ1n) is 2.56. The van der Waals surface area contributed by atoms with Gasteiger partial charge in [-0.15, -0.1) is 0 Å². The normalized spacial score (nSPS) is 20.4. The van der Waals surface area contributed by atoms with Crippen LogP contribution in [0.4, 0.5) is 0 Å². The molecule has 0 aromatic heterocycles. The van der Waals surface area contributed by atoms with Crippen LogP contribution in [0.5, 0.6) is 0 Å². The standard InChI is InChI=1S/C5H6O4/c6-3-9-5(1-2-5)4(7)8/h3H,1-2H2,(H,7,8). The van der Waals surface area contributed by atoms with E-state index in [9.17, 15) is 9.59 Å². The third-order valence-electron chi connectivity index (χ3n) is 1.37. The predicted molar refractivity (Wildman–Crippen MR) is 26.7 cm³/mol. The van der Waals surface area contributed by atoms with E-state index in [1.54, 1.807) is 0 Å². The van der Waals surface area contributed by atoms with Crippen LogP contribution in [0, 0.1) is 0 Å². The Kier molecular flexibility index (Phi) is 1.16. The Labute approximate surface area is 51.4 Å². The molecular formula is C5H6O4. The summed E-state index contributed by atoms with van der Waals surface area (Å²) in [7, 11) is 0. The number of ether oxygens (including phenoxy) is 1. The average molecular weight is 130 g/mol. The number of carboxylic acids is 1. The van der Waals surface area contributed by atoms with Crippen LogP contribution < -0.4 is 0 Å². The van der Waals surface area contributed by atoms with Gasteiger partial charge in [0.15, 0.2) is 0 Å². The molecule has 0 bridgehead atoms. The molecule has 1 saturated carbocycles. The summed E-state index contributed by atoms with van der Waals surface area (Å²) >= 11 is 0. The third-order valence-corrected chi connectivity index (χ3v) is 1.37. The molecule has 1 fully saturated rings. The van der Waals surface area contributed by atoms with Crippen LogP contribution in [0.1, 0.15) is 12.8 Å². The molecule has 0 atom stereocenters. The van der Waals surface area contributed by atoms with Crippen molar-refractivity contribution in [3.8, 4) is 0 Å². The minimum absolute atomic E-state index is 0.182. The van der Waals surface area contributed by atoms with E-state index in [4.69, 9.17) is 5.11 Å². The lowest BCUT2D eigenvalue weighted by Gasteiger charge is -2.04. The van der Waals surface area contributed by atoms with E-state index in [-0.39, 0.29) is 6.47 Å². The molecule has 0 heterocycles. The highest BCUT2D eigenvalue weighted by Gasteiger charge is 2.53. The summed E-state index contributed by atoms with van der Waals surface area (Å²) < 4.78 is 4.32. The molecule has 0 saturated heterocycles. The fourth-order valence-electron chi connectivity index (χ4n) is 0.588. The zero-order valence-electron chi connectivity index (χ0n) is 4.66. The van der Waals surface area contributed by atoms with Crippen molar-refractivity contribution in [1.29, 1.82) is 0 Å². The molecule has 4 heteroatoms. The van der Waals surface area contributed by atoms with E-state index in [0.717, 1.165) is 0 Å². The van der Waals surface area contributed by atoms with E-state index in [1.165, 1.54) is 0 Å². The molecule has 0 spiro atoms. The van der Waals surface area contributed by atoms with Crippen LogP contribution >= 0.6 is 0 Å². The summed E-state index contributed by atoms with van der Waals surface area (Å²) in [5.41, 5.74) is -1.15. The minimum atomic E-state index is -1.15. The summed E-state index contributed by atoms with van der Waals surface area (Å²) in [6, 6.07) is 0. The Hall–Kier alpha value is -1.06. The van der Waals surface area contributed by atoms with Crippen LogP contribution in [0.25, 0.3) is 0 Å². The highest BCUT2D eigenvalue weighted by molar-refractivity contribution is 5.82. The lowest BCUT2D eigenvalue weighted by Crippen LogP contribution is -2.24. The second-order valence-electron chi connectivity index (χ2n) is 2.01. The van der Waals surface area contributed by atoms with Gasteiger partial charge in [-0.25, -0.2) is 4.79 Å². The highest BCUT2D eigenvalue weighted by atomic mass is 16.6. The zero-order chi connectivity index (χ0) is 6.91. The molecular weight excluding hydrogens is 124 g/mol. The maximum Gasteiger partial charge on any atom is 0.348 e. The summed E-state index contributed by atoms with van der Waals surface area (Å²) in [6.07, 6.45) is 0.891.